The van der Waals surface area contributed by atoms with E-state index in [4.69, 9.17) is 4.42 Å². The number of piperidine rings is 1. The molecule has 1 aliphatic heterocycles. The Kier molecular flexibility index (Phi) is 4.18. The Morgan fingerprint density at radius 1 is 1.41 bits per heavy atom. The predicted octanol–water partition coefficient (Wildman–Crippen LogP) is 1.87. The first-order chi connectivity index (χ1) is 8.15. The molecule has 0 aromatic carbocycles. The molecule has 1 saturated heterocycles. The lowest BCUT2D eigenvalue weighted by Crippen LogP contribution is -2.42. The first-order valence-electron chi connectivity index (χ1n) is 6.50. The highest BCUT2D eigenvalue weighted by Gasteiger charge is 2.16. The van der Waals surface area contributed by atoms with Crippen LogP contribution < -0.4 is 5.32 Å². The molecule has 1 aromatic heterocycles. The Labute approximate surface area is 103 Å². The maximum atomic E-state index is 5.60. The second-order valence-corrected chi connectivity index (χ2v) is 5.09. The van der Waals surface area contributed by atoms with Crippen LogP contribution in [0.15, 0.2) is 4.42 Å². The van der Waals surface area contributed by atoms with Crippen molar-refractivity contribution in [1.82, 2.24) is 15.2 Å². The zero-order valence-corrected chi connectivity index (χ0v) is 11.1. The van der Waals surface area contributed by atoms with Gasteiger partial charge in [-0.2, -0.15) is 0 Å². The molecule has 17 heavy (non-hydrogen) atoms. The van der Waals surface area contributed by atoms with E-state index in [1.807, 2.05) is 13.8 Å². The molecular weight excluding hydrogens is 214 g/mol. The topological polar surface area (TPSA) is 41.3 Å². The van der Waals surface area contributed by atoms with Crippen LogP contribution in [0.3, 0.4) is 0 Å². The summed E-state index contributed by atoms with van der Waals surface area (Å²) in [5.41, 5.74) is 1.00. The lowest BCUT2D eigenvalue weighted by atomic mass is 10.0. The molecule has 0 saturated carbocycles. The van der Waals surface area contributed by atoms with E-state index in [9.17, 15) is 0 Å². The molecule has 1 aliphatic rings. The second kappa shape index (κ2) is 5.65. The highest BCUT2D eigenvalue weighted by Crippen LogP contribution is 2.12. The number of nitrogens with zero attached hydrogens (tertiary/aromatic N) is 2. The number of hydrogen-bond donors (Lipinski definition) is 1. The van der Waals surface area contributed by atoms with E-state index in [2.05, 4.69) is 22.2 Å². The summed E-state index contributed by atoms with van der Waals surface area (Å²) in [5.74, 6) is 1.77. The molecule has 1 N–H and O–H groups in total. The zero-order valence-electron chi connectivity index (χ0n) is 11.1. The first-order valence-corrected chi connectivity index (χ1v) is 6.50. The normalized spacial score (nSPS) is 21.1. The van der Waals surface area contributed by atoms with Crippen LogP contribution in [0.4, 0.5) is 0 Å². The van der Waals surface area contributed by atoms with Crippen molar-refractivity contribution < 1.29 is 4.42 Å². The highest BCUT2D eigenvalue weighted by atomic mass is 16.4. The Morgan fingerprint density at radius 2 is 2.24 bits per heavy atom. The van der Waals surface area contributed by atoms with Gasteiger partial charge >= 0.3 is 0 Å². The van der Waals surface area contributed by atoms with Crippen LogP contribution in [0.2, 0.25) is 0 Å². The molecule has 0 amide bonds. The minimum absolute atomic E-state index is 0.630. The fraction of sp³-hybridized carbons (Fsp3) is 0.769. The summed E-state index contributed by atoms with van der Waals surface area (Å²) in [7, 11) is 2.13. The van der Waals surface area contributed by atoms with Crippen LogP contribution >= 0.6 is 0 Å². The largest absolute Gasteiger partial charge is 0.444 e. The Morgan fingerprint density at radius 3 is 2.82 bits per heavy atom. The lowest BCUT2D eigenvalue weighted by molar-refractivity contribution is 0.236. The molecule has 1 fully saturated rings. The van der Waals surface area contributed by atoms with Gasteiger partial charge in [-0.3, -0.25) is 4.90 Å². The molecule has 1 aromatic rings. The molecule has 4 nitrogen and oxygen atoms in total. The molecule has 2 heterocycles. The van der Waals surface area contributed by atoms with E-state index in [1.54, 1.807) is 0 Å². The number of aromatic nitrogens is 1. The fourth-order valence-corrected chi connectivity index (χ4v) is 2.36. The standard InChI is InChI=1S/C13H23N3O/c1-10-11(2)17-13(15-10)9-16(3)8-12-6-4-5-7-14-12/h12,14H,4-9H2,1-3H3. The number of aryl methyl sites for hydroxylation is 2. The maximum Gasteiger partial charge on any atom is 0.208 e. The van der Waals surface area contributed by atoms with Gasteiger partial charge < -0.3 is 9.73 Å². The summed E-state index contributed by atoms with van der Waals surface area (Å²) < 4.78 is 5.60. The van der Waals surface area contributed by atoms with Gasteiger partial charge in [0.15, 0.2) is 0 Å². The molecular formula is C13H23N3O. The lowest BCUT2D eigenvalue weighted by Gasteiger charge is -2.27. The molecule has 1 unspecified atom stereocenters. The second-order valence-electron chi connectivity index (χ2n) is 5.09. The third kappa shape index (κ3) is 3.54. The summed E-state index contributed by atoms with van der Waals surface area (Å²) in [6, 6.07) is 0.630. The zero-order chi connectivity index (χ0) is 12.3. The minimum Gasteiger partial charge on any atom is -0.444 e. The third-order valence-corrected chi connectivity index (χ3v) is 3.42. The number of rotatable bonds is 4. The van der Waals surface area contributed by atoms with E-state index in [0.29, 0.717) is 6.04 Å². The van der Waals surface area contributed by atoms with Gasteiger partial charge in [-0.1, -0.05) is 6.42 Å². The quantitative estimate of drug-likeness (QED) is 0.868. The number of hydrogen-bond acceptors (Lipinski definition) is 4. The number of oxazole rings is 1. The molecule has 2 rings (SSSR count). The van der Waals surface area contributed by atoms with Crippen molar-refractivity contribution in [2.45, 2.75) is 45.7 Å². The van der Waals surface area contributed by atoms with E-state index in [1.165, 1.54) is 19.3 Å². The van der Waals surface area contributed by atoms with Crippen LogP contribution in [0.25, 0.3) is 0 Å². The van der Waals surface area contributed by atoms with Crippen LogP contribution in [0, 0.1) is 13.8 Å². The summed E-state index contributed by atoms with van der Waals surface area (Å²) in [5, 5.41) is 3.56. The van der Waals surface area contributed by atoms with E-state index in [0.717, 1.165) is 37.0 Å². The van der Waals surface area contributed by atoms with E-state index in [-0.39, 0.29) is 0 Å². The van der Waals surface area contributed by atoms with Crippen molar-refractivity contribution >= 4 is 0 Å². The van der Waals surface area contributed by atoms with Gasteiger partial charge in [-0.15, -0.1) is 0 Å². The number of likely N-dealkylation sites (N-methyl/N-ethyl adjacent to an activating group) is 1. The predicted molar refractivity (Wildman–Crippen MR) is 68.0 cm³/mol. The highest BCUT2D eigenvalue weighted by molar-refractivity contribution is 5.05. The molecule has 0 aliphatic carbocycles. The van der Waals surface area contributed by atoms with Gasteiger partial charge in [0.05, 0.1) is 12.2 Å². The van der Waals surface area contributed by atoms with Crippen LogP contribution in [0.5, 0.6) is 0 Å². The monoisotopic (exact) mass is 237 g/mol. The van der Waals surface area contributed by atoms with Gasteiger partial charge in [0, 0.05) is 12.6 Å². The third-order valence-electron chi connectivity index (χ3n) is 3.42. The van der Waals surface area contributed by atoms with Gasteiger partial charge in [-0.25, -0.2) is 4.98 Å². The SMILES string of the molecule is Cc1nc(CN(C)CC2CCCCN2)oc1C. The summed E-state index contributed by atoms with van der Waals surface area (Å²) >= 11 is 0. The van der Waals surface area contributed by atoms with Gasteiger partial charge in [-0.05, 0) is 40.3 Å². The Balaban J connectivity index is 1.81. The fourth-order valence-electron chi connectivity index (χ4n) is 2.36. The molecule has 0 spiro atoms. The number of nitrogens with one attached hydrogen (secondary N) is 1. The summed E-state index contributed by atoms with van der Waals surface area (Å²) in [6.45, 7) is 6.99. The average Bonchev–Trinajstić information content (AvgIpc) is 2.59. The molecule has 4 heteroatoms. The van der Waals surface area contributed by atoms with Crippen molar-refractivity contribution in [3.8, 4) is 0 Å². The van der Waals surface area contributed by atoms with Crippen molar-refractivity contribution in [1.29, 1.82) is 0 Å². The van der Waals surface area contributed by atoms with Crippen LogP contribution in [0.1, 0.15) is 36.6 Å². The first kappa shape index (κ1) is 12.6. The van der Waals surface area contributed by atoms with E-state index >= 15 is 0 Å². The van der Waals surface area contributed by atoms with Crippen LogP contribution in [-0.2, 0) is 6.54 Å². The van der Waals surface area contributed by atoms with Crippen molar-refractivity contribution in [2.24, 2.45) is 0 Å². The summed E-state index contributed by atoms with van der Waals surface area (Å²) in [6.07, 6.45) is 3.95. The Bertz CT molecular complexity index is 336. The average molecular weight is 237 g/mol. The Hall–Kier alpha value is -0.870. The van der Waals surface area contributed by atoms with Gasteiger partial charge in [0.25, 0.3) is 0 Å². The smallest absolute Gasteiger partial charge is 0.208 e. The molecule has 0 radical (unpaired) electrons. The van der Waals surface area contributed by atoms with Crippen molar-refractivity contribution in [3.63, 3.8) is 0 Å². The minimum atomic E-state index is 0.630. The summed E-state index contributed by atoms with van der Waals surface area (Å²) in [4.78, 5) is 6.70. The van der Waals surface area contributed by atoms with Gasteiger partial charge in [0.2, 0.25) is 5.89 Å². The van der Waals surface area contributed by atoms with Crippen molar-refractivity contribution in [3.05, 3.63) is 17.3 Å². The van der Waals surface area contributed by atoms with Gasteiger partial charge in [0.1, 0.15) is 5.76 Å². The van der Waals surface area contributed by atoms with E-state index < -0.39 is 0 Å². The molecule has 96 valence electrons. The maximum absolute atomic E-state index is 5.60. The van der Waals surface area contributed by atoms with Crippen molar-refractivity contribution in [2.75, 3.05) is 20.1 Å². The molecule has 0 bridgehead atoms. The molecule has 1 atom stereocenters. The van der Waals surface area contributed by atoms with Crippen LogP contribution in [-0.4, -0.2) is 36.1 Å².